The molecule has 1 fully saturated rings. The Hall–Kier alpha value is -3.50. The SMILES string of the molecule is COC(=O)[C@H]1CC[C@H](n2cc3cc(NC(=O)c4cccc(C(F)(F)F)n4)cc(F)c3n2)CC1. The number of nitrogens with one attached hydrogen (secondary N) is 1. The van der Waals surface area contributed by atoms with Crippen LogP contribution in [0.15, 0.2) is 36.5 Å². The smallest absolute Gasteiger partial charge is 0.433 e. The van der Waals surface area contributed by atoms with Crippen LogP contribution in [0.4, 0.5) is 23.2 Å². The fraction of sp³-hybridized carbons (Fsp3) is 0.364. The average molecular weight is 464 g/mol. The molecule has 1 amide bonds. The van der Waals surface area contributed by atoms with Crippen LogP contribution in [0.25, 0.3) is 10.9 Å². The van der Waals surface area contributed by atoms with Gasteiger partial charge < -0.3 is 10.1 Å². The molecule has 3 aromatic rings. The minimum Gasteiger partial charge on any atom is -0.469 e. The lowest BCUT2D eigenvalue weighted by atomic mass is 9.86. The van der Waals surface area contributed by atoms with E-state index >= 15 is 0 Å². The zero-order valence-corrected chi connectivity index (χ0v) is 17.5. The lowest BCUT2D eigenvalue weighted by molar-refractivity contribution is -0.146. The van der Waals surface area contributed by atoms with E-state index in [1.807, 2.05) is 0 Å². The third-order valence-electron chi connectivity index (χ3n) is 5.72. The third kappa shape index (κ3) is 4.81. The van der Waals surface area contributed by atoms with E-state index < -0.39 is 29.3 Å². The van der Waals surface area contributed by atoms with E-state index in [0.717, 1.165) is 24.3 Å². The van der Waals surface area contributed by atoms with Crippen LogP contribution in [0.5, 0.6) is 0 Å². The lowest BCUT2D eigenvalue weighted by Gasteiger charge is -2.26. The highest BCUT2D eigenvalue weighted by molar-refractivity contribution is 6.03. The number of benzene rings is 1. The Morgan fingerprint density at radius 1 is 1.15 bits per heavy atom. The molecule has 0 bridgehead atoms. The average Bonchev–Trinajstić information content (AvgIpc) is 3.23. The van der Waals surface area contributed by atoms with E-state index in [0.29, 0.717) is 31.1 Å². The van der Waals surface area contributed by atoms with Gasteiger partial charge in [0, 0.05) is 17.3 Å². The summed E-state index contributed by atoms with van der Waals surface area (Å²) in [6, 6.07) is 5.52. The molecule has 33 heavy (non-hydrogen) atoms. The Bertz CT molecular complexity index is 1200. The van der Waals surface area contributed by atoms with Gasteiger partial charge in [-0.1, -0.05) is 6.07 Å². The van der Waals surface area contributed by atoms with Gasteiger partial charge in [0.25, 0.3) is 5.91 Å². The molecule has 2 heterocycles. The van der Waals surface area contributed by atoms with Crippen molar-refractivity contribution in [2.45, 2.75) is 37.9 Å². The van der Waals surface area contributed by atoms with Crippen LogP contribution >= 0.6 is 0 Å². The number of esters is 1. The summed E-state index contributed by atoms with van der Waals surface area (Å²) in [5, 5.41) is 7.13. The van der Waals surface area contributed by atoms with Crippen LogP contribution in [-0.2, 0) is 15.7 Å². The number of alkyl halides is 3. The molecular formula is C22H20F4N4O3. The number of fused-ring (bicyclic) bond motifs is 1. The number of pyridine rings is 1. The first-order chi connectivity index (χ1) is 15.7. The maximum absolute atomic E-state index is 14.7. The molecule has 2 aromatic heterocycles. The van der Waals surface area contributed by atoms with Gasteiger partial charge in [-0.25, -0.2) is 9.37 Å². The maximum Gasteiger partial charge on any atom is 0.433 e. The van der Waals surface area contributed by atoms with Crippen molar-refractivity contribution >= 4 is 28.5 Å². The molecule has 1 aliphatic carbocycles. The molecular weight excluding hydrogens is 444 g/mol. The lowest BCUT2D eigenvalue weighted by Crippen LogP contribution is -2.24. The minimum atomic E-state index is -4.69. The van der Waals surface area contributed by atoms with Crippen LogP contribution in [0.1, 0.15) is 47.9 Å². The van der Waals surface area contributed by atoms with Crippen molar-refractivity contribution in [3.05, 3.63) is 53.7 Å². The van der Waals surface area contributed by atoms with Gasteiger partial charge in [-0.3, -0.25) is 14.3 Å². The molecule has 0 unspecified atom stereocenters. The van der Waals surface area contributed by atoms with E-state index in [1.165, 1.54) is 13.2 Å². The van der Waals surface area contributed by atoms with E-state index in [9.17, 15) is 27.2 Å². The van der Waals surface area contributed by atoms with Gasteiger partial charge in [0.2, 0.25) is 0 Å². The Kier molecular flexibility index (Phi) is 6.05. The highest BCUT2D eigenvalue weighted by atomic mass is 19.4. The molecule has 1 N–H and O–H groups in total. The predicted molar refractivity (Wildman–Crippen MR) is 110 cm³/mol. The van der Waals surface area contributed by atoms with Crippen molar-refractivity contribution in [2.24, 2.45) is 5.92 Å². The van der Waals surface area contributed by atoms with Crippen molar-refractivity contribution < 1.29 is 31.9 Å². The molecule has 0 saturated heterocycles. The third-order valence-corrected chi connectivity index (χ3v) is 5.72. The molecule has 0 spiro atoms. The molecule has 174 valence electrons. The molecule has 1 aromatic carbocycles. The molecule has 1 saturated carbocycles. The zero-order valence-electron chi connectivity index (χ0n) is 17.5. The highest BCUT2D eigenvalue weighted by Crippen LogP contribution is 2.34. The van der Waals surface area contributed by atoms with Gasteiger partial charge >= 0.3 is 12.1 Å². The van der Waals surface area contributed by atoms with E-state index in [1.54, 1.807) is 10.9 Å². The summed E-state index contributed by atoms with van der Waals surface area (Å²) in [6.07, 6.45) is -0.394. The van der Waals surface area contributed by atoms with Gasteiger partial charge in [-0.15, -0.1) is 0 Å². The Morgan fingerprint density at radius 2 is 1.88 bits per heavy atom. The number of halogens is 4. The Morgan fingerprint density at radius 3 is 2.55 bits per heavy atom. The minimum absolute atomic E-state index is 0.00921. The van der Waals surface area contributed by atoms with Crippen molar-refractivity contribution in [1.82, 2.24) is 14.8 Å². The standard InChI is InChI=1S/C22H20F4N4O3/c1-33-21(32)12-5-7-15(8-6-12)30-11-13-9-14(10-16(23)19(13)29-30)27-20(31)17-3-2-4-18(28-17)22(24,25)26/h2-4,9-12,15H,5-8H2,1H3,(H,27,31)/t12-,15-. The van der Waals surface area contributed by atoms with Crippen LogP contribution < -0.4 is 5.32 Å². The number of nitrogens with zero attached hydrogens (tertiary/aromatic N) is 3. The largest absolute Gasteiger partial charge is 0.469 e. The Labute approximate surface area is 185 Å². The monoisotopic (exact) mass is 464 g/mol. The zero-order chi connectivity index (χ0) is 23.8. The number of hydrogen-bond donors (Lipinski definition) is 1. The molecule has 0 aliphatic heterocycles. The first-order valence-electron chi connectivity index (χ1n) is 10.3. The van der Waals surface area contributed by atoms with Crippen molar-refractivity contribution in [2.75, 3.05) is 12.4 Å². The number of rotatable bonds is 4. The number of hydrogen-bond acceptors (Lipinski definition) is 5. The first kappa shape index (κ1) is 22.7. The second kappa shape index (κ2) is 8.80. The molecule has 7 nitrogen and oxygen atoms in total. The summed E-state index contributed by atoms with van der Waals surface area (Å²) in [5.74, 6) is -1.96. The summed E-state index contributed by atoms with van der Waals surface area (Å²) in [4.78, 5) is 27.4. The Balaban J connectivity index is 1.52. The van der Waals surface area contributed by atoms with E-state index in [4.69, 9.17) is 4.74 Å². The number of anilines is 1. The molecule has 4 rings (SSSR count). The fourth-order valence-corrected chi connectivity index (χ4v) is 4.03. The van der Waals surface area contributed by atoms with E-state index in [2.05, 4.69) is 15.4 Å². The number of ether oxygens (including phenoxy) is 1. The van der Waals surface area contributed by atoms with Crippen LogP contribution in [0.3, 0.4) is 0 Å². The number of amides is 1. The van der Waals surface area contributed by atoms with Crippen LogP contribution in [0.2, 0.25) is 0 Å². The molecule has 0 atom stereocenters. The summed E-state index contributed by atoms with van der Waals surface area (Å²) in [7, 11) is 1.36. The van der Waals surface area contributed by atoms with Gasteiger partial charge in [-0.05, 0) is 49.9 Å². The number of carbonyl (C=O) groups is 2. The number of carbonyl (C=O) groups excluding carboxylic acids is 2. The second-order valence-corrected chi connectivity index (χ2v) is 7.89. The van der Waals surface area contributed by atoms with Crippen molar-refractivity contribution in [3.8, 4) is 0 Å². The summed E-state index contributed by atoms with van der Waals surface area (Å²) in [6.45, 7) is 0. The highest BCUT2D eigenvalue weighted by Gasteiger charge is 2.33. The molecule has 1 aliphatic rings. The first-order valence-corrected chi connectivity index (χ1v) is 10.3. The van der Waals surface area contributed by atoms with Gasteiger partial charge in [0.1, 0.15) is 16.9 Å². The molecule has 0 radical (unpaired) electrons. The number of methoxy groups -OCH3 is 1. The van der Waals surface area contributed by atoms with Crippen molar-refractivity contribution in [1.29, 1.82) is 0 Å². The summed E-state index contributed by atoms with van der Waals surface area (Å²) >= 11 is 0. The normalized spacial score (nSPS) is 18.8. The molecule has 11 heteroatoms. The maximum atomic E-state index is 14.7. The topological polar surface area (TPSA) is 86.1 Å². The van der Waals surface area contributed by atoms with Crippen LogP contribution in [0, 0.1) is 11.7 Å². The fourth-order valence-electron chi connectivity index (χ4n) is 4.03. The summed E-state index contributed by atoms with van der Waals surface area (Å²) < 4.78 is 59.6. The second-order valence-electron chi connectivity index (χ2n) is 7.89. The van der Waals surface area contributed by atoms with E-state index in [-0.39, 0.29) is 29.1 Å². The van der Waals surface area contributed by atoms with Gasteiger partial charge in [0.05, 0.1) is 19.1 Å². The van der Waals surface area contributed by atoms with Gasteiger partial charge in [0.15, 0.2) is 5.82 Å². The predicted octanol–water partition coefficient (Wildman–Crippen LogP) is 4.75. The number of aromatic nitrogens is 3. The van der Waals surface area contributed by atoms with Gasteiger partial charge in [-0.2, -0.15) is 18.3 Å². The van der Waals surface area contributed by atoms with Crippen molar-refractivity contribution in [3.63, 3.8) is 0 Å². The quantitative estimate of drug-likeness (QED) is 0.445. The summed E-state index contributed by atoms with van der Waals surface area (Å²) in [5.41, 5.74) is -1.46. The van der Waals surface area contributed by atoms with Crippen LogP contribution in [-0.4, -0.2) is 33.8 Å².